The highest BCUT2D eigenvalue weighted by Crippen LogP contribution is 2.34. The summed E-state index contributed by atoms with van der Waals surface area (Å²) in [5.74, 6) is -0.604. The molecule has 2 aromatic rings. The lowest BCUT2D eigenvalue weighted by Gasteiger charge is -2.26. The van der Waals surface area contributed by atoms with Crippen LogP contribution in [0.4, 0.5) is 0 Å². The number of rotatable bonds is 16. The lowest BCUT2D eigenvalue weighted by molar-refractivity contribution is -0.133. The van der Waals surface area contributed by atoms with Gasteiger partial charge in [-0.15, -0.1) is 0 Å². The van der Waals surface area contributed by atoms with Gasteiger partial charge in [-0.25, -0.2) is 0 Å². The summed E-state index contributed by atoms with van der Waals surface area (Å²) in [6.45, 7) is 9.35. The predicted octanol–water partition coefficient (Wildman–Crippen LogP) is 2.02. The maximum Gasteiger partial charge on any atom is 0.274 e. The zero-order chi connectivity index (χ0) is 32.0. The molecular weight excluding hydrogens is 578 g/mol. The van der Waals surface area contributed by atoms with Crippen LogP contribution in [-0.4, -0.2) is 90.2 Å². The number of benzene rings is 1. The van der Waals surface area contributed by atoms with Crippen molar-refractivity contribution in [2.24, 2.45) is 11.8 Å². The van der Waals surface area contributed by atoms with Crippen LogP contribution in [0.2, 0.25) is 0 Å². The third-order valence-corrected chi connectivity index (χ3v) is 8.52. The molecule has 1 aromatic carbocycles. The molecule has 3 N–H and O–H groups in total. The van der Waals surface area contributed by atoms with Gasteiger partial charge in [0.1, 0.15) is 17.7 Å². The zero-order valence-corrected chi connectivity index (χ0v) is 26.4. The minimum atomic E-state index is -0.971. The van der Waals surface area contributed by atoms with Crippen molar-refractivity contribution >= 4 is 23.5 Å². The van der Waals surface area contributed by atoms with Crippen molar-refractivity contribution in [1.82, 2.24) is 26.0 Å². The molecule has 0 radical (unpaired) electrons. The lowest BCUT2D eigenvalue weighted by atomic mass is 9.93. The monoisotopic (exact) mass is 623 g/mol. The first-order valence-electron chi connectivity index (χ1n) is 16.0. The van der Waals surface area contributed by atoms with Crippen LogP contribution >= 0.6 is 0 Å². The number of Topliss-reactive ketones (excluding diaryl/α,β-unsaturated/α-hetero) is 1. The van der Waals surface area contributed by atoms with Crippen molar-refractivity contribution < 1.29 is 33.2 Å². The van der Waals surface area contributed by atoms with Crippen molar-refractivity contribution in [2.45, 2.75) is 83.1 Å². The Labute approximate surface area is 263 Å². The third-order valence-electron chi connectivity index (χ3n) is 8.52. The summed E-state index contributed by atoms with van der Waals surface area (Å²) in [5, 5.41) is 12.6. The molecule has 4 atom stereocenters. The van der Waals surface area contributed by atoms with Crippen LogP contribution in [0.25, 0.3) is 0 Å². The standard InChI is InChI=1S/C33H45N5O7/c1-21(2)15-25(29(39)33(3)20-44-33)34-30(40)26(16-22-7-5-4-6-8-22)35-31(41)27(17-23-9-10-23)36-32(42)28-18-24(45-37-28)19-38-11-13-43-14-12-38/h4-8,18,21,23,25-27H,9-17,19-20H2,1-3H3,(H,34,40)(H,35,41)(H,36,42)/t25-,26-,27-,33-/m0/s1. The summed E-state index contributed by atoms with van der Waals surface area (Å²) in [6.07, 6.45) is 3.05. The van der Waals surface area contributed by atoms with Gasteiger partial charge < -0.3 is 29.9 Å². The van der Waals surface area contributed by atoms with Gasteiger partial charge in [-0.1, -0.05) is 62.2 Å². The van der Waals surface area contributed by atoms with E-state index in [-0.39, 0.29) is 23.8 Å². The Morgan fingerprint density at radius 1 is 0.978 bits per heavy atom. The highest BCUT2D eigenvalue weighted by atomic mass is 16.6. The second kappa shape index (κ2) is 14.7. The molecule has 1 aromatic heterocycles. The van der Waals surface area contributed by atoms with Gasteiger partial charge >= 0.3 is 0 Å². The molecule has 45 heavy (non-hydrogen) atoms. The first-order valence-corrected chi connectivity index (χ1v) is 16.0. The summed E-state index contributed by atoms with van der Waals surface area (Å²) in [4.78, 5) is 56.1. The van der Waals surface area contributed by atoms with Crippen molar-refractivity contribution in [3.8, 4) is 0 Å². The van der Waals surface area contributed by atoms with Crippen molar-refractivity contribution in [2.75, 3.05) is 32.9 Å². The second-order valence-electron chi connectivity index (χ2n) is 13.1. The van der Waals surface area contributed by atoms with Gasteiger partial charge in [-0.3, -0.25) is 24.1 Å². The van der Waals surface area contributed by atoms with E-state index in [1.54, 1.807) is 13.0 Å². The topological polar surface area (TPSA) is 155 Å². The van der Waals surface area contributed by atoms with E-state index in [9.17, 15) is 19.2 Å². The smallest absolute Gasteiger partial charge is 0.274 e. The lowest BCUT2D eigenvalue weighted by Crippen LogP contribution is -2.57. The number of ether oxygens (including phenoxy) is 2. The minimum Gasteiger partial charge on any atom is -0.379 e. The van der Waals surface area contributed by atoms with Crippen molar-refractivity contribution in [3.05, 3.63) is 53.4 Å². The number of nitrogens with one attached hydrogen (secondary N) is 3. The molecule has 244 valence electrons. The van der Waals surface area contributed by atoms with E-state index >= 15 is 0 Å². The maximum absolute atomic E-state index is 13.8. The molecule has 0 spiro atoms. The van der Waals surface area contributed by atoms with Gasteiger partial charge in [0, 0.05) is 25.6 Å². The minimum absolute atomic E-state index is 0.0938. The largest absolute Gasteiger partial charge is 0.379 e. The summed E-state index contributed by atoms with van der Waals surface area (Å²) >= 11 is 0. The molecule has 12 nitrogen and oxygen atoms in total. The van der Waals surface area contributed by atoms with E-state index in [1.807, 2.05) is 44.2 Å². The van der Waals surface area contributed by atoms with E-state index in [4.69, 9.17) is 14.0 Å². The van der Waals surface area contributed by atoms with E-state index in [0.29, 0.717) is 50.9 Å². The van der Waals surface area contributed by atoms with Gasteiger partial charge in [0.2, 0.25) is 11.8 Å². The predicted molar refractivity (Wildman–Crippen MR) is 164 cm³/mol. The Balaban J connectivity index is 1.27. The van der Waals surface area contributed by atoms with Crippen LogP contribution in [0.15, 0.2) is 40.9 Å². The molecule has 1 aliphatic carbocycles. The fourth-order valence-corrected chi connectivity index (χ4v) is 5.55. The molecule has 2 saturated heterocycles. The van der Waals surface area contributed by atoms with E-state index in [0.717, 1.165) is 31.5 Å². The highest BCUT2D eigenvalue weighted by Gasteiger charge is 2.50. The number of hydrogen-bond acceptors (Lipinski definition) is 9. The van der Waals surface area contributed by atoms with Gasteiger partial charge in [-0.2, -0.15) is 0 Å². The zero-order valence-electron chi connectivity index (χ0n) is 26.4. The van der Waals surface area contributed by atoms with Crippen molar-refractivity contribution in [1.29, 1.82) is 0 Å². The Morgan fingerprint density at radius 2 is 1.64 bits per heavy atom. The first-order chi connectivity index (χ1) is 21.6. The number of morpholine rings is 1. The van der Waals surface area contributed by atoms with Gasteiger partial charge in [0.25, 0.3) is 5.91 Å². The molecule has 0 bridgehead atoms. The Hall–Kier alpha value is -3.61. The second-order valence-corrected chi connectivity index (χ2v) is 13.1. The van der Waals surface area contributed by atoms with Gasteiger partial charge in [-0.05, 0) is 37.2 Å². The molecule has 12 heteroatoms. The SMILES string of the molecule is CC(C)C[C@H](NC(=O)[C@H](Cc1ccccc1)NC(=O)[C@H](CC1CC1)NC(=O)c1cc(CN2CCOCC2)on1)C(=O)[C@]1(C)CO1. The van der Waals surface area contributed by atoms with Gasteiger partial charge in [0.05, 0.1) is 32.4 Å². The average Bonchev–Trinajstić information content (AvgIpc) is 3.95. The Morgan fingerprint density at radius 3 is 2.29 bits per heavy atom. The maximum atomic E-state index is 13.8. The normalized spacial score (nSPS) is 21.9. The fraction of sp³-hybridized carbons (Fsp3) is 0.606. The number of nitrogens with zero attached hydrogens (tertiary/aromatic N) is 2. The quantitative estimate of drug-likeness (QED) is 0.238. The van der Waals surface area contributed by atoms with E-state index < -0.39 is 41.4 Å². The van der Waals surface area contributed by atoms with Crippen LogP contribution in [0, 0.1) is 11.8 Å². The van der Waals surface area contributed by atoms with Crippen LogP contribution in [-0.2, 0) is 36.8 Å². The van der Waals surface area contributed by atoms with Crippen LogP contribution in [0.1, 0.15) is 68.3 Å². The van der Waals surface area contributed by atoms with Crippen LogP contribution in [0.5, 0.6) is 0 Å². The van der Waals surface area contributed by atoms with Crippen LogP contribution in [0.3, 0.4) is 0 Å². The molecule has 2 aliphatic heterocycles. The number of hydrogen-bond donors (Lipinski definition) is 3. The van der Waals surface area contributed by atoms with Crippen LogP contribution < -0.4 is 16.0 Å². The van der Waals surface area contributed by atoms with E-state index in [1.165, 1.54) is 0 Å². The summed E-state index contributed by atoms with van der Waals surface area (Å²) in [6, 6.07) is 8.37. The summed E-state index contributed by atoms with van der Waals surface area (Å²) in [7, 11) is 0. The van der Waals surface area contributed by atoms with Crippen molar-refractivity contribution in [3.63, 3.8) is 0 Å². The Kier molecular flexibility index (Phi) is 10.7. The number of epoxide rings is 1. The Bertz CT molecular complexity index is 1330. The molecule has 1 saturated carbocycles. The number of carbonyl (C=O) groups excluding carboxylic acids is 4. The summed E-state index contributed by atoms with van der Waals surface area (Å²) < 4.78 is 16.2. The average molecular weight is 624 g/mol. The first kappa shape index (κ1) is 32.8. The third kappa shape index (κ3) is 9.44. The number of amides is 3. The fourth-order valence-electron chi connectivity index (χ4n) is 5.55. The number of carbonyl (C=O) groups is 4. The number of aromatic nitrogens is 1. The van der Waals surface area contributed by atoms with E-state index in [2.05, 4.69) is 26.0 Å². The molecular formula is C33H45N5O7. The summed E-state index contributed by atoms with van der Waals surface area (Å²) in [5.41, 5.74) is 0.0463. The molecule has 3 amide bonds. The highest BCUT2D eigenvalue weighted by molar-refractivity contribution is 5.99. The molecule has 3 aliphatic rings. The molecule has 3 fully saturated rings. The number of ketones is 1. The molecule has 0 unspecified atom stereocenters. The molecule has 5 rings (SSSR count). The van der Waals surface area contributed by atoms with Gasteiger partial charge in [0.15, 0.2) is 17.2 Å². The molecule has 3 heterocycles.